The molecule has 0 aliphatic rings. The van der Waals surface area contributed by atoms with Crippen molar-refractivity contribution in [3.05, 3.63) is 47.5 Å². The molecule has 112 valence electrons. The quantitative estimate of drug-likeness (QED) is 0.516. The Balaban J connectivity index is 2.22. The van der Waals surface area contributed by atoms with Crippen molar-refractivity contribution in [3.63, 3.8) is 0 Å². The summed E-state index contributed by atoms with van der Waals surface area (Å²) in [5.41, 5.74) is 2.17. The molecule has 0 aliphatic heterocycles. The fraction of sp³-hybridized carbons (Fsp3) is 0.167. The first-order valence-corrected chi connectivity index (χ1v) is 5.69. The summed E-state index contributed by atoms with van der Waals surface area (Å²) in [7, 11) is 0. The van der Waals surface area contributed by atoms with Crippen molar-refractivity contribution in [1.29, 1.82) is 0 Å². The molecule has 0 unspecified atom stereocenters. The lowest BCUT2D eigenvalue weighted by Crippen LogP contribution is -2.16. The van der Waals surface area contributed by atoms with E-state index in [1.54, 1.807) is 6.07 Å². The van der Waals surface area contributed by atoms with Crippen LogP contribution in [0.15, 0.2) is 30.3 Å². The van der Waals surface area contributed by atoms with Crippen molar-refractivity contribution in [2.45, 2.75) is 12.8 Å². The van der Waals surface area contributed by atoms with E-state index in [0.29, 0.717) is 0 Å². The summed E-state index contributed by atoms with van der Waals surface area (Å²) in [5, 5.41) is 0. The molecule has 0 radical (unpaired) electrons. The van der Waals surface area contributed by atoms with Gasteiger partial charge in [-0.1, -0.05) is 18.2 Å². The van der Waals surface area contributed by atoms with Gasteiger partial charge in [0, 0.05) is 11.6 Å². The molecule has 1 aromatic carbocycles. The highest BCUT2D eigenvalue weighted by molar-refractivity contribution is 5.37. The minimum absolute atomic E-state index is 0.187. The maximum atomic E-state index is 13.4. The van der Waals surface area contributed by atoms with E-state index in [2.05, 4.69) is 9.97 Å². The Hall–Kier alpha value is -2.42. The molecule has 0 atom stereocenters. The van der Waals surface area contributed by atoms with Crippen LogP contribution in [-0.4, -0.2) is 9.97 Å². The Labute approximate surface area is 116 Å². The standard InChI is InChI=1S/C12H10F4N4O/c13-8-4-2-1-3-7(8)6-21-10-5-9(20-17)18-11(19-10)12(14,15)16/h1-5H,6,17H2,(H,18,19,20). The number of nitrogens with zero attached hydrogens (tertiary/aromatic N) is 2. The van der Waals surface area contributed by atoms with Crippen molar-refractivity contribution in [2.75, 3.05) is 5.43 Å². The minimum Gasteiger partial charge on any atom is -0.473 e. The molecule has 9 heteroatoms. The van der Waals surface area contributed by atoms with Crippen molar-refractivity contribution < 1.29 is 22.3 Å². The lowest BCUT2D eigenvalue weighted by molar-refractivity contribution is -0.145. The van der Waals surface area contributed by atoms with Crippen LogP contribution in [0, 0.1) is 5.82 Å². The Morgan fingerprint density at radius 1 is 1.19 bits per heavy atom. The van der Waals surface area contributed by atoms with Gasteiger partial charge in [0.05, 0.1) is 0 Å². The lowest BCUT2D eigenvalue weighted by atomic mass is 10.2. The number of hydrogen-bond donors (Lipinski definition) is 2. The highest BCUT2D eigenvalue weighted by Crippen LogP contribution is 2.28. The molecular weight excluding hydrogens is 292 g/mol. The predicted octanol–water partition coefficient (Wildman–Crippen LogP) is 2.50. The monoisotopic (exact) mass is 302 g/mol. The van der Waals surface area contributed by atoms with Gasteiger partial charge in [-0.25, -0.2) is 15.2 Å². The summed E-state index contributed by atoms with van der Waals surface area (Å²) in [6, 6.07) is 6.81. The molecule has 0 saturated heterocycles. The second-order valence-corrected chi connectivity index (χ2v) is 3.94. The van der Waals surface area contributed by atoms with E-state index >= 15 is 0 Å². The number of anilines is 1. The number of nitrogens with one attached hydrogen (secondary N) is 1. The Morgan fingerprint density at radius 2 is 1.90 bits per heavy atom. The summed E-state index contributed by atoms with van der Waals surface area (Å²) < 4.78 is 56.3. The maximum absolute atomic E-state index is 13.4. The van der Waals surface area contributed by atoms with Gasteiger partial charge in [0.25, 0.3) is 0 Å². The summed E-state index contributed by atoms with van der Waals surface area (Å²) in [5.74, 6) is 2.48. The van der Waals surface area contributed by atoms with Gasteiger partial charge in [-0.15, -0.1) is 0 Å². The molecule has 2 rings (SSSR count). The first-order valence-electron chi connectivity index (χ1n) is 5.69. The third-order valence-corrected chi connectivity index (χ3v) is 2.44. The zero-order chi connectivity index (χ0) is 15.5. The second-order valence-electron chi connectivity index (χ2n) is 3.94. The van der Waals surface area contributed by atoms with Gasteiger partial charge in [-0.05, 0) is 6.07 Å². The first kappa shape index (κ1) is 15.0. The van der Waals surface area contributed by atoms with Gasteiger partial charge >= 0.3 is 6.18 Å². The van der Waals surface area contributed by atoms with Gasteiger partial charge < -0.3 is 10.2 Å². The van der Waals surface area contributed by atoms with Crippen molar-refractivity contribution in [3.8, 4) is 5.88 Å². The zero-order valence-corrected chi connectivity index (χ0v) is 10.5. The summed E-state index contributed by atoms with van der Waals surface area (Å²) in [6.07, 6.45) is -4.75. The minimum atomic E-state index is -4.75. The number of nitrogen functional groups attached to an aromatic ring is 1. The number of alkyl halides is 3. The number of aromatic nitrogens is 2. The van der Waals surface area contributed by atoms with Crippen LogP contribution >= 0.6 is 0 Å². The molecule has 0 aliphatic carbocycles. The Morgan fingerprint density at radius 3 is 2.52 bits per heavy atom. The molecule has 0 fully saturated rings. The molecule has 0 amide bonds. The average Bonchev–Trinajstić information content (AvgIpc) is 2.45. The number of hydrogen-bond acceptors (Lipinski definition) is 5. The van der Waals surface area contributed by atoms with E-state index in [4.69, 9.17) is 10.6 Å². The van der Waals surface area contributed by atoms with E-state index in [1.165, 1.54) is 18.2 Å². The van der Waals surface area contributed by atoms with E-state index in [1.807, 2.05) is 5.43 Å². The molecule has 3 N–H and O–H groups in total. The van der Waals surface area contributed by atoms with Crippen molar-refractivity contribution in [2.24, 2.45) is 5.84 Å². The van der Waals surface area contributed by atoms with Gasteiger partial charge in [0.1, 0.15) is 18.2 Å². The highest BCUT2D eigenvalue weighted by atomic mass is 19.4. The fourth-order valence-electron chi connectivity index (χ4n) is 1.47. The molecule has 0 saturated carbocycles. The first-order chi connectivity index (χ1) is 9.90. The van der Waals surface area contributed by atoms with Crippen LogP contribution < -0.4 is 16.0 Å². The number of nitrogens with two attached hydrogens (primary N) is 1. The van der Waals surface area contributed by atoms with Crippen LogP contribution in [0.3, 0.4) is 0 Å². The SMILES string of the molecule is NNc1cc(OCc2ccccc2F)nc(C(F)(F)F)n1. The van der Waals surface area contributed by atoms with Crippen molar-refractivity contribution in [1.82, 2.24) is 9.97 Å². The smallest absolute Gasteiger partial charge is 0.451 e. The predicted molar refractivity (Wildman–Crippen MR) is 65.6 cm³/mol. The summed E-state index contributed by atoms with van der Waals surface area (Å²) in [4.78, 5) is 6.39. The van der Waals surface area contributed by atoms with E-state index < -0.39 is 17.8 Å². The molecular formula is C12H10F4N4O. The van der Waals surface area contributed by atoms with Gasteiger partial charge in [-0.2, -0.15) is 18.2 Å². The molecule has 0 spiro atoms. The molecule has 5 nitrogen and oxygen atoms in total. The topological polar surface area (TPSA) is 73.1 Å². The average molecular weight is 302 g/mol. The lowest BCUT2D eigenvalue weighted by Gasteiger charge is -2.11. The zero-order valence-electron chi connectivity index (χ0n) is 10.5. The third kappa shape index (κ3) is 3.78. The summed E-state index contributed by atoms with van der Waals surface area (Å²) >= 11 is 0. The number of ether oxygens (including phenoxy) is 1. The van der Waals surface area contributed by atoms with Gasteiger partial charge in [0.15, 0.2) is 0 Å². The Kier molecular flexibility index (Phi) is 4.22. The molecule has 1 aromatic heterocycles. The molecule has 0 bridgehead atoms. The summed E-state index contributed by atoms with van der Waals surface area (Å²) in [6.45, 7) is -0.273. The van der Waals surface area contributed by atoms with Crippen LogP contribution in [0.2, 0.25) is 0 Å². The Bertz CT molecular complexity index is 633. The number of rotatable bonds is 4. The fourth-order valence-corrected chi connectivity index (χ4v) is 1.47. The van der Waals surface area contributed by atoms with Crippen LogP contribution in [0.1, 0.15) is 11.4 Å². The van der Waals surface area contributed by atoms with E-state index in [-0.39, 0.29) is 23.9 Å². The second kappa shape index (κ2) is 5.92. The van der Waals surface area contributed by atoms with Gasteiger partial charge in [0.2, 0.25) is 11.7 Å². The van der Waals surface area contributed by atoms with Crippen LogP contribution in [0.25, 0.3) is 0 Å². The molecule has 1 heterocycles. The van der Waals surface area contributed by atoms with Gasteiger partial charge in [-0.3, -0.25) is 0 Å². The molecule has 21 heavy (non-hydrogen) atoms. The normalized spacial score (nSPS) is 11.3. The largest absolute Gasteiger partial charge is 0.473 e. The molecule has 2 aromatic rings. The third-order valence-electron chi connectivity index (χ3n) is 2.44. The van der Waals surface area contributed by atoms with E-state index in [0.717, 1.165) is 6.07 Å². The maximum Gasteiger partial charge on any atom is 0.451 e. The highest BCUT2D eigenvalue weighted by Gasteiger charge is 2.35. The van der Waals surface area contributed by atoms with E-state index in [9.17, 15) is 17.6 Å². The van der Waals surface area contributed by atoms with Crippen LogP contribution in [0.4, 0.5) is 23.4 Å². The number of halogens is 4. The van der Waals surface area contributed by atoms with Crippen molar-refractivity contribution >= 4 is 5.82 Å². The number of benzene rings is 1. The van der Waals surface area contributed by atoms with Crippen LogP contribution in [-0.2, 0) is 12.8 Å². The number of hydrazine groups is 1. The van der Waals surface area contributed by atoms with Crippen LogP contribution in [0.5, 0.6) is 5.88 Å².